The Morgan fingerprint density at radius 2 is 2.00 bits per heavy atom. The third-order valence-electron chi connectivity index (χ3n) is 1.94. The van der Waals surface area contributed by atoms with Crippen molar-refractivity contribution in [3.63, 3.8) is 0 Å². The van der Waals surface area contributed by atoms with Crippen molar-refractivity contribution in [2.24, 2.45) is 0 Å². The van der Waals surface area contributed by atoms with Gasteiger partial charge in [-0.25, -0.2) is 0 Å². The van der Waals surface area contributed by atoms with Gasteiger partial charge in [-0.2, -0.15) is 4.98 Å². The van der Waals surface area contributed by atoms with Crippen molar-refractivity contribution in [3.8, 4) is 0 Å². The monoisotopic (exact) mass is 198 g/mol. The lowest BCUT2D eigenvalue weighted by Gasteiger charge is -2.10. The summed E-state index contributed by atoms with van der Waals surface area (Å²) in [7, 11) is 0. The summed E-state index contributed by atoms with van der Waals surface area (Å²) < 4.78 is 5.09. The van der Waals surface area contributed by atoms with Crippen molar-refractivity contribution in [2.75, 3.05) is 6.61 Å². The zero-order chi connectivity index (χ0) is 10.6. The summed E-state index contributed by atoms with van der Waals surface area (Å²) >= 11 is 0. The summed E-state index contributed by atoms with van der Waals surface area (Å²) in [5, 5.41) is 12.5. The Bertz CT molecular complexity index is 276. The molecule has 0 aliphatic carbocycles. The lowest BCUT2D eigenvalue weighted by molar-refractivity contribution is 0.280. The van der Waals surface area contributed by atoms with Gasteiger partial charge in [-0.3, -0.25) is 0 Å². The van der Waals surface area contributed by atoms with E-state index in [0.29, 0.717) is 5.89 Å². The Morgan fingerprint density at radius 3 is 2.50 bits per heavy atom. The number of hydrogen-bond donors (Lipinski definition) is 1. The van der Waals surface area contributed by atoms with Crippen LogP contribution in [0.3, 0.4) is 0 Å². The number of hydrogen-bond acceptors (Lipinski definition) is 4. The first-order valence-corrected chi connectivity index (χ1v) is 4.98. The van der Waals surface area contributed by atoms with E-state index in [0.717, 1.165) is 25.1 Å². The third kappa shape index (κ3) is 3.10. The molecule has 0 fully saturated rings. The van der Waals surface area contributed by atoms with E-state index >= 15 is 0 Å². The van der Waals surface area contributed by atoms with Gasteiger partial charge < -0.3 is 9.63 Å². The molecule has 0 atom stereocenters. The molecule has 4 heteroatoms. The van der Waals surface area contributed by atoms with Crippen LogP contribution in [0, 0.1) is 0 Å². The average Bonchev–Trinajstić information content (AvgIpc) is 2.52. The van der Waals surface area contributed by atoms with E-state index in [-0.39, 0.29) is 12.0 Å². The molecule has 0 radical (unpaired) electrons. The van der Waals surface area contributed by atoms with Crippen LogP contribution in [0.1, 0.15) is 45.3 Å². The van der Waals surface area contributed by atoms with Crippen LogP contribution in [0.4, 0.5) is 0 Å². The highest BCUT2D eigenvalue weighted by atomic mass is 16.5. The quantitative estimate of drug-likeness (QED) is 0.748. The van der Waals surface area contributed by atoms with Gasteiger partial charge in [-0.1, -0.05) is 25.9 Å². The summed E-state index contributed by atoms with van der Waals surface area (Å²) in [6.45, 7) is 6.38. The van der Waals surface area contributed by atoms with Gasteiger partial charge in [0.25, 0.3) is 0 Å². The van der Waals surface area contributed by atoms with Crippen molar-refractivity contribution in [1.29, 1.82) is 0 Å². The van der Waals surface area contributed by atoms with Gasteiger partial charge in [0.05, 0.1) is 0 Å². The molecule has 0 aliphatic rings. The fraction of sp³-hybridized carbons (Fsp3) is 0.800. The fourth-order valence-corrected chi connectivity index (χ4v) is 1.05. The minimum absolute atomic E-state index is 0.0568. The van der Waals surface area contributed by atoms with Gasteiger partial charge in [0, 0.05) is 18.4 Å². The maximum absolute atomic E-state index is 8.61. The Morgan fingerprint density at radius 1 is 1.29 bits per heavy atom. The number of aromatic nitrogens is 2. The van der Waals surface area contributed by atoms with Gasteiger partial charge in [0.15, 0.2) is 5.82 Å². The zero-order valence-corrected chi connectivity index (χ0v) is 9.08. The van der Waals surface area contributed by atoms with E-state index in [9.17, 15) is 0 Å². The number of rotatable bonds is 4. The highest BCUT2D eigenvalue weighted by Crippen LogP contribution is 2.18. The van der Waals surface area contributed by atoms with Crippen molar-refractivity contribution < 1.29 is 9.63 Å². The Labute approximate surface area is 84.3 Å². The Hall–Kier alpha value is -0.900. The first-order valence-electron chi connectivity index (χ1n) is 4.98. The standard InChI is InChI=1S/C10H18N2O2/c1-10(2,3)9-11-8(14-12-9)6-4-5-7-13/h13H,4-7H2,1-3H3. The number of aliphatic hydroxyl groups is 1. The largest absolute Gasteiger partial charge is 0.396 e. The predicted molar refractivity (Wildman–Crippen MR) is 53.0 cm³/mol. The number of nitrogens with zero attached hydrogens (tertiary/aromatic N) is 2. The van der Waals surface area contributed by atoms with Crippen molar-refractivity contribution in [3.05, 3.63) is 11.7 Å². The van der Waals surface area contributed by atoms with Crippen LogP contribution in [-0.4, -0.2) is 21.9 Å². The second kappa shape index (κ2) is 4.55. The van der Waals surface area contributed by atoms with Crippen molar-refractivity contribution in [1.82, 2.24) is 10.1 Å². The molecular formula is C10H18N2O2. The summed E-state index contributed by atoms with van der Waals surface area (Å²) in [4.78, 5) is 4.29. The van der Waals surface area contributed by atoms with Crippen LogP contribution in [0.5, 0.6) is 0 Å². The smallest absolute Gasteiger partial charge is 0.226 e. The number of aliphatic hydroxyl groups excluding tert-OH is 1. The molecule has 4 nitrogen and oxygen atoms in total. The first-order chi connectivity index (χ1) is 6.54. The van der Waals surface area contributed by atoms with Crippen LogP contribution in [0.25, 0.3) is 0 Å². The molecule has 0 spiro atoms. The van der Waals surface area contributed by atoms with Gasteiger partial charge in [-0.15, -0.1) is 0 Å². The molecule has 0 aromatic carbocycles. The van der Waals surface area contributed by atoms with Gasteiger partial charge >= 0.3 is 0 Å². The first kappa shape index (κ1) is 11.2. The van der Waals surface area contributed by atoms with Crippen molar-refractivity contribution >= 4 is 0 Å². The lowest BCUT2D eigenvalue weighted by Crippen LogP contribution is -2.13. The number of unbranched alkanes of at least 4 members (excludes halogenated alkanes) is 1. The summed E-state index contributed by atoms with van der Waals surface area (Å²) in [6.07, 6.45) is 2.43. The molecule has 1 rings (SSSR count). The summed E-state index contributed by atoms with van der Waals surface area (Å²) in [5.74, 6) is 1.42. The maximum atomic E-state index is 8.61. The van der Waals surface area contributed by atoms with E-state index < -0.39 is 0 Å². The third-order valence-corrected chi connectivity index (χ3v) is 1.94. The van der Waals surface area contributed by atoms with E-state index in [1.165, 1.54) is 0 Å². The fourth-order valence-electron chi connectivity index (χ4n) is 1.05. The van der Waals surface area contributed by atoms with Gasteiger partial charge in [0.2, 0.25) is 5.89 Å². The van der Waals surface area contributed by atoms with E-state index in [4.69, 9.17) is 9.63 Å². The molecule has 1 aromatic heterocycles. The van der Waals surface area contributed by atoms with Crippen molar-refractivity contribution in [2.45, 2.75) is 45.4 Å². The molecule has 80 valence electrons. The van der Waals surface area contributed by atoms with Crippen LogP contribution >= 0.6 is 0 Å². The van der Waals surface area contributed by atoms with Crippen LogP contribution in [-0.2, 0) is 11.8 Å². The predicted octanol–water partition coefficient (Wildman–Crippen LogP) is 1.68. The molecule has 1 aromatic rings. The average molecular weight is 198 g/mol. The molecule has 0 saturated carbocycles. The zero-order valence-electron chi connectivity index (χ0n) is 9.08. The second-order valence-corrected chi connectivity index (χ2v) is 4.44. The molecule has 0 saturated heterocycles. The van der Waals surface area contributed by atoms with E-state index in [1.54, 1.807) is 0 Å². The van der Waals surface area contributed by atoms with Gasteiger partial charge in [0.1, 0.15) is 0 Å². The molecular weight excluding hydrogens is 180 g/mol. The Balaban J connectivity index is 2.51. The van der Waals surface area contributed by atoms with Crippen LogP contribution in [0.2, 0.25) is 0 Å². The Kier molecular flexibility index (Phi) is 3.63. The lowest BCUT2D eigenvalue weighted by atomic mass is 9.96. The highest BCUT2D eigenvalue weighted by molar-refractivity contribution is 4.99. The summed E-state index contributed by atoms with van der Waals surface area (Å²) in [6, 6.07) is 0. The second-order valence-electron chi connectivity index (χ2n) is 4.44. The molecule has 0 bridgehead atoms. The van der Waals surface area contributed by atoms with Crippen LogP contribution < -0.4 is 0 Å². The molecule has 14 heavy (non-hydrogen) atoms. The highest BCUT2D eigenvalue weighted by Gasteiger charge is 2.20. The summed E-state index contributed by atoms with van der Waals surface area (Å²) in [5.41, 5.74) is -0.0568. The number of aryl methyl sites for hydroxylation is 1. The van der Waals surface area contributed by atoms with E-state index in [1.807, 2.05) is 0 Å². The minimum Gasteiger partial charge on any atom is -0.396 e. The maximum Gasteiger partial charge on any atom is 0.226 e. The van der Waals surface area contributed by atoms with E-state index in [2.05, 4.69) is 30.9 Å². The normalized spacial score (nSPS) is 12.0. The molecule has 0 unspecified atom stereocenters. The molecule has 1 N–H and O–H groups in total. The molecule has 0 amide bonds. The SMILES string of the molecule is CC(C)(C)c1noc(CCCCO)n1. The minimum atomic E-state index is -0.0568. The van der Waals surface area contributed by atoms with Crippen LogP contribution in [0.15, 0.2) is 4.52 Å². The molecule has 0 aliphatic heterocycles. The topological polar surface area (TPSA) is 59.2 Å². The van der Waals surface area contributed by atoms with Gasteiger partial charge in [-0.05, 0) is 12.8 Å². The molecule has 1 heterocycles.